The number of rotatable bonds is 4. The predicted octanol–water partition coefficient (Wildman–Crippen LogP) is 3.57. The molecular formula is C14H20Cl2N2. The highest BCUT2D eigenvalue weighted by Gasteiger charge is 2.23. The van der Waals surface area contributed by atoms with E-state index < -0.39 is 0 Å². The summed E-state index contributed by atoms with van der Waals surface area (Å²) in [7, 11) is 0. The molecule has 0 bridgehead atoms. The molecule has 4 heteroatoms. The van der Waals surface area contributed by atoms with Gasteiger partial charge in [-0.3, -0.25) is 0 Å². The second-order valence-corrected chi connectivity index (χ2v) is 6.24. The molecule has 1 heterocycles. The van der Waals surface area contributed by atoms with Gasteiger partial charge in [0.25, 0.3) is 0 Å². The molecule has 1 fully saturated rings. The van der Waals surface area contributed by atoms with E-state index in [2.05, 4.69) is 24.5 Å². The van der Waals surface area contributed by atoms with Gasteiger partial charge in [0.05, 0.1) is 10.0 Å². The van der Waals surface area contributed by atoms with E-state index in [0.29, 0.717) is 16.1 Å². The van der Waals surface area contributed by atoms with Gasteiger partial charge in [0, 0.05) is 18.1 Å². The summed E-state index contributed by atoms with van der Waals surface area (Å²) < 4.78 is 0. The van der Waals surface area contributed by atoms with E-state index in [1.165, 1.54) is 12.8 Å². The van der Waals surface area contributed by atoms with Crippen LogP contribution >= 0.6 is 23.2 Å². The fourth-order valence-electron chi connectivity index (χ4n) is 2.30. The van der Waals surface area contributed by atoms with Gasteiger partial charge in [0.2, 0.25) is 0 Å². The Balaban J connectivity index is 2.01. The molecule has 0 radical (unpaired) electrons. The molecule has 18 heavy (non-hydrogen) atoms. The summed E-state index contributed by atoms with van der Waals surface area (Å²) in [6.07, 6.45) is 2.53. The first kappa shape index (κ1) is 14.1. The van der Waals surface area contributed by atoms with Crippen LogP contribution in [0.15, 0.2) is 18.2 Å². The van der Waals surface area contributed by atoms with E-state index >= 15 is 0 Å². The Hall–Kier alpha value is -0.280. The zero-order valence-corrected chi connectivity index (χ0v) is 12.4. The molecule has 1 aromatic carbocycles. The summed E-state index contributed by atoms with van der Waals surface area (Å²) in [4.78, 5) is 0. The van der Waals surface area contributed by atoms with Crippen LogP contribution in [0.4, 0.5) is 0 Å². The summed E-state index contributed by atoms with van der Waals surface area (Å²) in [5, 5.41) is 8.31. The summed E-state index contributed by atoms with van der Waals surface area (Å²) in [6.45, 7) is 6.45. The van der Waals surface area contributed by atoms with Crippen LogP contribution in [-0.2, 0) is 5.54 Å². The lowest BCUT2D eigenvalue weighted by atomic mass is 9.94. The number of hydrogen-bond donors (Lipinski definition) is 2. The smallest absolute Gasteiger partial charge is 0.0595 e. The molecule has 2 rings (SSSR count). The lowest BCUT2D eigenvalue weighted by Crippen LogP contribution is -2.43. The third-order valence-corrected chi connectivity index (χ3v) is 4.33. The summed E-state index contributed by atoms with van der Waals surface area (Å²) >= 11 is 12.0. The van der Waals surface area contributed by atoms with Crippen LogP contribution in [0.1, 0.15) is 32.3 Å². The minimum absolute atomic E-state index is 0.0987. The van der Waals surface area contributed by atoms with Crippen LogP contribution in [0.5, 0.6) is 0 Å². The predicted molar refractivity (Wildman–Crippen MR) is 78.5 cm³/mol. The average molecular weight is 287 g/mol. The topological polar surface area (TPSA) is 24.1 Å². The van der Waals surface area contributed by atoms with Gasteiger partial charge in [-0.15, -0.1) is 0 Å². The fourth-order valence-corrected chi connectivity index (χ4v) is 2.59. The van der Waals surface area contributed by atoms with Crippen molar-refractivity contribution in [3.63, 3.8) is 0 Å². The maximum absolute atomic E-state index is 6.08. The van der Waals surface area contributed by atoms with Gasteiger partial charge in [-0.1, -0.05) is 29.3 Å². The van der Waals surface area contributed by atoms with Crippen molar-refractivity contribution in [3.8, 4) is 0 Å². The van der Waals surface area contributed by atoms with Crippen molar-refractivity contribution in [3.05, 3.63) is 33.8 Å². The average Bonchev–Trinajstić information content (AvgIpc) is 2.83. The van der Waals surface area contributed by atoms with E-state index in [9.17, 15) is 0 Å². The van der Waals surface area contributed by atoms with Gasteiger partial charge >= 0.3 is 0 Å². The molecule has 2 N–H and O–H groups in total. The van der Waals surface area contributed by atoms with Crippen molar-refractivity contribution in [1.82, 2.24) is 10.6 Å². The largest absolute Gasteiger partial charge is 0.313 e. The molecule has 1 atom stereocenters. The summed E-state index contributed by atoms with van der Waals surface area (Å²) in [5.74, 6) is 0. The van der Waals surface area contributed by atoms with E-state index in [1.54, 1.807) is 0 Å². The van der Waals surface area contributed by atoms with E-state index in [4.69, 9.17) is 23.2 Å². The van der Waals surface area contributed by atoms with Gasteiger partial charge in [0.15, 0.2) is 0 Å². The monoisotopic (exact) mass is 286 g/mol. The van der Waals surface area contributed by atoms with E-state index in [0.717, 1.165) is 18.7 Å². The van der Waals surface area contributed by atoms with Crippen molar-refractivity contribution in [2.45, 2.75) is 38.3 Å². The standard InChI is InChI=1S/C14H20Cl2N2/c1-14(2,18-9-11-4-3-7-17-11)10-5-6-12(15)13(16)8-10/h5-6,8,11,17-18H,3-4,7,9H2,1-2H3/t11-/m0/s1. The van der Waals surface area contributed by atoms with Gasteiger partial charge in [0.1, 0.15) is 0 Å². The number of nitrogens with one attached hydrogen (secondary N) is 2. The van der Waals surface area contributed by atoms with Crippen LogP contribution in [0, 0.1) is 0 Å². The second kappa shape index (κ2) is 5.79. The van der Waals surface area contributed by atoms with Gasteiger partial charge in [-0.25, -0.2) is 0 Å². The fraction of sp³-hybridized carbons (Fsp3) is 0.571. The van der Waals surface area contributed by atoms with Crippen molar-refractivity contribution in [2.24, 2.45) is 0 Å². The summed E-state index contributed by atoms with van der Waals surface area (Å²) in [5.41, 5.74) is 1.06. The Morgan fingerprint density at radius 2 is 2.11 bits per heavy atom. The molecular weight excluding hydrogens is 267 g/mol. The van der Waals surface area contributed by atoms with E-state index in [-0.39, 0.29) is 5.54 Å². The Morgan fingerprint density at radius 3 is 2.72 bits per heavy atom. The lowest BCUT2D eigenvalue weighted by molar-refractivity contribution is 0.376. The number of benzene rings is 1. The SMILES string of the molecule is CC(C)(NC[C@@H]1CCCN1)c1ccc(Cl)c(Cl)c1. The minimum atomic E-state index is -0.0987. The van der Waals surface area contributed by atoms with Gasteiger partial charge < -0.3 is 10.6 Å². The highest BCUT2D eigenvalue weighted by molar-refractivity contribution is 6.42. The highest BCUT2D eigenvalue weighted by atomic mass is 35.5. The first-order valence-electron chi connectivity index (χ1n) is 6.43. The minimum Gasteiger partial charge on any atom is -0.313 e. The number of halogens is 2. The molecule has 0 saturated carbocycles. The van der Waals surface area contributed by atoms with Crippen LogP contribution in [0.3, 0.4) is 0 Å². The molecule has 0 aromatic heterocycles. The van der Waals surface area contributed by atoms with Gasteiger partial charge in [-0.05, 0) is 50.9 Å². The normalized spacial score (nSPS) is 20.3. The van der Waals surface area contributed by atoms with Crippen LogP contribution in [-0.4, -0.2) is 19.1 Å². The van der Waals surface area contributed by atoms with Crippen LogP contribution in [0.25, 0.3) is 0 Å². The first-order valence-corrected chi connectivity index (χ1v) is 7.18. The molecule has 1 aliphatic rings. The molecule has 2 nitrogen and oxygen atoms in total. The molecule has 0 amide bonds. The number of hydrogen-bond acceptors (Lipinski definition) is 2. The second-order valence-electron chi connectivity index (χ2n) is 5.43. The van der Waals surface area contributed by atoms with Crippen LogP contribution in [0.2, 0.25) is 10.0 Å². The molecule has 0 aliphatic carbocycles. The molecule has 0 unspecified atom stereocenters. The van der Waals surface area contributed by atoms with Crippen molar-refractivity contribution < 1.29 is 0 Å². The zero-order valence-electron chi connectivity index (χ0n) is 10.9. The maximum atomic E-state index is 6.08. The van der Waals surface area contributed by atoms with Crippen molar-refractivity contribution in [1.29, 1.82) is 0 Å². The van der Waals surface area contributed by atoms with E-state index in [1.807, 2.05) is 18.2 Å². The Labute approximate surface area is 119 Å². The molecule has 1 aromatic rings. The molecule has 1 aliphatic heterocycles. The molecule has 100 valence electrons. The Morgan fingerprint density at radius 1 is 1.33 bits per heavy atom. The lowest BCUT2D eigenvalue weighted by Gasteiger charge is -2.29. The Bertz CT molecular complexity index is 412. The van der Waals surface area contributed by atoms with Crippen LogP contribution < -0.4 is 10.6 Å². The zero-order chi connectivity index (χ0) is 13.2. The van der Waals surface area contributed by atoms with Crippen molar-refractivity contribution in [2.75, 3.05) is 13.1 Å². The molecule has 0 spiro atoms. The quantitative estimate of drug-likeness (QED) is 0.884. The first-order chi connectivity index (χ1) is 8.49. The third kappa shape index (κ3) is 3.39. The highest BCUT2D eigenvalue weighted by Crippen LogP contribution is 2.28. The van der Waals surface area contributed by atoms with Crippen molar-refractivity contribution >= 4 is 23.2 Å². The third-order valence-electron chi connectivity index (χ3n) is 3.59. The molecule has 1 saturated heterocycles. The maximum Gasteiger partial charge on any atom is 0.0595 e. The Kier molecular flexibility index (Phi) is 4.54. The summed E-state index contributed by atoms with van der Waals surface area (Å²) in [6, 6.07) is 6.42. The van der Waals surface area contributed by atoms with Gasteiger partial charge in [-0.2, -0.15) is 0 Å².